The summed E-state index contributed by atoms with van der Waals surface area (Å²) in [6, 6.07) is 16.2. The summed E-state index contributed by atoms with van der Waals surface area (Å²) in [5.74, 6) is -0.509. The van der Waals surface area contributed by atoms with E-state index in [9.17, 15) is 20.0 Å². The second kappa shape index (κ2) is 10.2. The normalized spacial score (nSPS) is 10.8. The van der Waals surface area contributed by atoms with Crippen LogP contribution in [0.3, 0.4) is 0 Å². The van der Waals surface area contributed by atoms with Crippen LogP contribution in [0.2, 0.25) is 0 Å². The maximum absolute atomic E-state index is 12.2. The van der Waals surface area contributed by atoms with Gasteiger partial charge < -0.3 is 9.84 Å². The number of phenolic OH excluding ortho intramolecular Hbond substituents is 1. The Morgan fingerprint density at radius 3 is 2.55 bits per heavy atom. The van der Waals surface area contributed by atoms with Gasteiger partial charge in [-0.15, -0.1) is 0 Å². The molecule has 2 N–H and O–H groups in total. The molecule has 3 aromatic carbocycles. The topological polar surface area (TPSA) is 114 Å². The van der Waals surface area contributed by atoms with E-state index in [1.165, 1.54) is 6.21 Å². The number of aromatic hydroxyl groups is 1. The number of ether oxygens (including phenoxy) is 1. The Balaban J connectivity index is 1.62. The molecule has 0 saturated heterocycles. The summed E-state index contributed by atoms with van der Waals surface area (Å²) in [4.78, 5) is 22.3. The van der Waals surface area contributed by atoms with E-state index >= 15 is 0 Å². The average molecular weight is 549 g/mol. The number of non-ortho nitro benzene ring substituents is 1. The standard InChI is InChI=1S/C21H15Br2N3O5/c22-15-4-1-13(2-5-15)12-31-20-8-3-14(9-18(20)23)11-24-25-21(28)17-10-16(26(29)30)6-7-19(17)27/h1-11,27H,12H2,(H,25,28)/b24-11+. The first-order valence-electron chi connectivity index (χ1n) is 8.81. The van der Waals surface area contributed by atoms with Gasteiger partial charge in [0, 0.05) is 16.6 Å². The van der Waals surface area contributed by atoms with Gasteiger partial charge in [-0.2, -0.15) is 5.10 Å². The molecule has 0 heterocycles. The molecule has 0 aliphatic heterocycles. The van der Waals surface area contributed by atoms with E-state index in [4.69, 9.17) is 4.74 Å². The summed E-state index contributed by atoms with van der Waals surface area (Å²) >= 11 is 6.83. The largest absolute Gasteiger partial charge is 0.507 e. The summed E-state index contributed by atoms with van der Waals surface area (Å²) < 4.78 is 7.50. The number of halogens is 2. The fourth-order valence-corrected chi connectivity index (χ4v) is 3.28. The van der Waals surface area contributed by atoms with Crippen LogP contribution in [0, 0.1) is 10.1 Å². The number of hydrazone groups is 1. The lowest BCUT2D eigenvalue weighted by molar-refractivity contribution is -0.384. The highest BCUT2D eigenvalue weighted by molar-refractivity contribution is 9.10. The number of carbonyl (C=O) groups excluding carboxylic acids is 1. The number of hydrogen-bond acceptors (Lipinski definition) is 6. The number of carbonyl (C=O) groups is 1. The number of nitrogens with zero attached hydrogens (tertiary/aromatic N) is 2. The van der Waals surface area contributed by atoms with Gasteiger partial charge >= 0.3 is 0 Å². The average Bonchev–Trinajstić information content (AvgIpc) is 2.74. The lowest BCUT2D eigenvalue weighted by atomic mass is 10.1. The number of phenols is 1. The number of benzene rings is 3. The molecule has 1 amide bonds. The van der Waals surface area contributed by atoms with Crippen LogP contribution in [-0.2, 0) is 6.61 Å². The molecule has 0 atom stereocenters. The zero-order valence-electron chi connectivity index (χ0n) is 15.8. The van der Waals surface area contributed by atoms with Crippen LogP contribution in [0.1, 0.15) is 21.5 Å². The van der Waals surface area contributed by atoms with Gasteiger partial charge in [0.15, 0.2) is 0 Å². The third kappa shape index (κ3) is 6.12. The minimum atomic E-state index is -0.772. The van der Waals surface area contributed by atoms with Crippen LogP contribution in [0.25, 0.3) is 0 Å². The highest BCUT2D eigenvalue weighted by Crippen LogP contribution is 2.27. The second-order valence-corrected chi connectivity index (χ2v) is 8.03. The first-order chi connectivity index (χ1) is 14.8. The van der Waals surface area contributed by atoms with Gasteiger partial charge in [-0.25, -0.2) is 5.43 Å². The van der Waals surface area contributed by atoms with Crippen molar-refractivity contribution in [1.82, 2.24) is 5.43 Å². The van der Waals surface area contributed by atoms with Crippen molar-refractivity contribution in [3.63, 3.8) is 0 Å². The Labute approximate surface area is 194 Å². The number of nitro benzene ring substituents is 1. The maximum atomic E-state index is 12.2. The van der Waals surface area contributed by atoms with Crippen molar-refractivity contribution in [3.8, 4) is 11.5 Å². The van der Waals surface area contributed by atoms with E-state index in [-0.39, 0.29) is 17.0 Å². The summed E-state index contributed by atoms with van der Waals surface area (Å²) in [5, 5.41) is 24.4. The van der Waals surface area contributed by atoms with Gasteiger partial charge in [0.1, 0.15) is 18.1 Å². The fraction of sp³-hybridized carbons (Fsp3) is 0.0476. The molecule has 0 unspecified atom stereocenters. The van der Waals surface area contributed by atoms with Crippen molar-refractivity contribution < 1.29 is 19.6 Å². The maximum Gasteiger partial charge on any atom is 0.275 e. The van der Waals surface area contributed by atoms with E-state index in [1.54, 1.807) is 18.2 Å². The molecular weight excluding hydrogens is 534 g/mol. The highest BCUT2D eigenvalue weighted by atomic mass is 79.9. The van der Waals surface area contributed by atoms with Gasteiger partial charge in [0.2, 0.25) is 0 Å². The van der Waals surface area contributed by atoms with Crippen LogP contribution >= 0.6 is 31.9 Å². The summed E-state index contributed by atoms with van der Waals surface area (Å²) in [5.41, 5.74) is 3.37. The molecule has 10 heteroatoms. The molecule has 31 heavy (non-hydrogen) atoms. The summed E-state index contributed by atoms with van der Waals surface area (Å²) in [6.45, 7) is 0.405. The molecule has 0 bridgehead atoms. The molecule has 0 fully saturated rings. The van der Waals surface area contributed by atoms with E-state index in [0.717, 1.165) is 28.2 Å². The Kier molecular flexibility index (Phi) is 7.37. The van der Waals surface area contributed by atoms with Crippen molar-refractivity contribution in [2.75, 3.05) is 0 Å². The Bertz CT molecular complexity index is 1150. The lowest BCUT2D eigenvalue weighted by Gasteiger charge is -2.09. The summed E-state index contributed by atoms with van der Waals surface area (Å²) in [7, 11) is 0. The predicted molar refractivity (Wildman–Crippen MR) is 122 cm³/mol. The van der Waals surface area contributed by atoms with Gasteiger partial charge in [-0.3, -0.25) is 14.9 Å². The highest BCUT2D eigenvalue weighted by Gasteiger charge is 2.16. The molecule has 0 spiro atoms. The minimum absolute atomic E-state index is 0.246. The predicted octanol–water partition coefficient (Wildman–Crippen LogP) is 5.17. The number of nitro groups is 1. The van der Waals surface area contributed by atoms with Crippen LogP contribution in [0.4, 0.5) is 5.69 Å². The molecule has 0 aliphatic carbocycles. The van der Waals surface area contributed by atoms with Crippen LogP contribution in [0.15, 0.2) is 74.7 Å². The SMILES string of the molecule is O=C(N/N=C/c1ccc(OCc2ccc(Br)cc2)c(Br)c1)c1cc([N+](=O)[O-])ccc1O. The van der Waals surface area contributed by atoms with Crippen LogP contribution in [0.5, 0.6) is 11.5 Å². The van der Waals surface area contributed by atoms with Crippen molar-refractivity contribution in [2.45, 2.75) is 6.61 Å². The lowest BCUT2D eigenvalue weighted by Crippen LogP contribution is -2.18. The van der Waals surface area contributed by atoms with Crippen molar-refractivity contribution in [3.05, 3.63) is 96.4 Å². The molecule has 8 nitrogen and oxygen atoms in total. The Hall–Kier alpha value is -3.24. The van der Waals surface area contributed by atoms with Gasteiger partial charge in [-0.1, -0.05) is 28.1 Å². The third-order valence-corrected chi connectivity index (χ3v) is 5.23. The van der Waals surface area contributed by atoms with E-state index < -0.39 is 10.8 Å². The monoisotopic (exact) mass is 547 g/mol. The van der Waals surface area contributed by atoms with Gasteiger partial charge in [0.25, 0.3) is 11.6 Å². The first kappa shape index (κ1) is 22.4. The molecule has 3 rings (SSSR count). The minimum Gasteiger partial charge on any atom is -0.507 e. The Morgan fingerprint density at radius 2 is 1.87 bits per heavy atom. The molecule has 158 valence electrons. The number of amides is 1. The van der Waals surface area contributed by atoms with E-state index in [2.05, 4.69) is 42.4 Å². The van der Waals surface area contributed by atoms with Gasteiger partial charge in [-0.05, 0) is 63.5 Å². The van der Waals surface area contributed by atoms with E-state index in [1.807, 2.05) is 24.3 Å². The molecule has 0 aliphatic rings. The molecule has 0 saturated carbocycles. The van der Waals surface area contributed by atoms with Crippen LogP contribution in [-0.4, -0.2) is 22.2 Å². The summed E-state index contributed by atoms with van der Waals surface area (Å²) in [6.07, 6.45) is 1.40. The van der Waals surface area contributed by atoms with E-state index in [0.29, 0.717) is 22.4 Å². The van der Waals surface area contributed by atoms with Crippen molar-refractivity contribution in [1.29, 1.82) is 0 Å². The van der Waals surface area contributed by atoms with Gasteiger partial charge in [0.05, 0.1) is 21.2 Å². The number of rotatable bonds is 7. The molecule has 3 aromatic rings. The number of hydrogen-bond donors (Lipinski definition) is 2. The molecule has 0 aromatic heterocycles. The Morgan fingerprint density at radius 1 is 1.13 bits per heavy atom. The van der Waals surface area contributed by atoms with Crippen molar-refractivity contribution >= 4 is 49.7 Å². The molecule has 0 radical (unpaired) electrons. The fourth-order valence-electron chi connectivity index (χ4n) is 2.50. The van der Waals surface area contributed by atoms with Crippen LogP contribution < -0.4 is 10.2 Å². The first-order valence-corrected chi connectivity index (χ1v) is 10.4. The zero-order valence-corrected chi connectivity index (χ0v) is 19.0. The quantitative estimate of drug-likeness (QED) is 0.240. The molecular formula is C21H15Br2N3O5. The third-order valence-electron chi connectivity index (χ3n) is 4.08. The number of nitrogens with one attached hydrogen (secondary N) is 1. The second-order valence-electron chi connectivity index (χ2n) is 6.26. The zero-order chi connectivity index (χ0) is 22.4. The smallest absolute Gasteiger partial charge is 0.275 e. The van der Waals surface area contributed by atoms with Crippen molar-refractivity contribution in [2.24, 2.45) is 5.10 Å².